The lowest BCUT2D eigenvalue weighted by Crippen LogP contribution is -2.01. The van der Waals surface area contributed by atoms with E-state index in [1.165, 1.54) is 11.8 Å². The van der Waals surface area contributed by atoms with Crippen molar-refractivity contribution >= 4 is 28.9 Å². The largest absolute Gasteiger partial charge is 0.497 e. The van der Waals surface area contributed by atoms with Crippen LogP contribution in [0.3, 0.4) is 0 Å². The topological polar surface area (TPSA) is 73.9 Å². The Hall–Kier alpha value is -2.73. The molecule has 0 bridgehead atoms. The number of carbonyl (C=O) groups is 1. The van der Waals surface area contributed by atoms with Gasteiger partial charge in [-0.25, -0.2) is 0 Å². The van der Waals surface area contributed by atoms with Crippen LogP contribution < -0.4 is 15.2 Å². The fraction of sp³-hybridized carbons (Fsp3) is 0.0588. The molecule has 0 fully saturated rings. The number of benzene rings is 2. The van der Waals surface area contributed by atoms with E-state index in [9.17, 15) is 4.79 Å². The molecule has 1 amide bonds. The monoisotopic (exact) mass is 326 g/mol. The molecular weight excluding hydrogens is 312 g/mol. The van der Waals surface area contributed by atoms with E-state index in [1.54, 1.807) is 13.2 Å². The SMILES string of the molecule is COc1ccc(Oc2ccc(/C=C3/SC(N)=NC3=O)cc2)cc1. The highest BCUT2D eigenvalue weighted by Gasteiger charge is 2.19. The minimum atomic E-state index is -0.300. The molecule has 116 valence electrons. The summed E-state index contributed by atoms with van der Waals surface area (Å²) in [7, 11) is 1.62. The Morgan fingerprint density at radius 2 is 1.57 bits per heavy atom. The molecule has 0 radical (unpaired) electrons. The van der Waals surface area contributed by atoms with Gasteiger partial charge in [-0.1, -0.05) is 12.1 Å². The van der Waals surface area contributed by atoms with E-state index in [0.29, 0.717) is 10.7 Å². The zero-order valence-corrected chi connectivity index (χ0v) is 13.2. The van der Waals surface area contributed by atoms with Crippen molar-refractivity contribution in [2.24, 2.45) is 10.7 Å². The average molecular weight is 326 g/mol. The van der Waals surface area contributed by atoms with Crippen LogP contribution in [0.15, 0.2) is 58.4 Å². The highest BCUT2D eigenvalue weighted by atomic mass is 32.2. The Labute approximate surface area is 137 Å². The molecule has 0 aromatic heterocycles. The Kier molecular flexibility index (Phi) is 4.34. The van der Waals surface area contributed by atoms with E-state index >= 15 is 0 Å². The molecule has 1 aliphatic heterocycles. The van der Waals surface area contributed by atoms with E-state index in [-0.39, 0.29) is 11.1 Å². The molecule has 0 saturated carbocycles. The molecule has 0 spiro atoms. The number of methoxy groups -OCH3 is 1. The normalized spacial score (nSPS) is 15.6. The van der Waals surface area contributed by atoms with E-state index in [0.717, 1.165) is 17.1 Å². The number of aliphatic imine (C=N–C) groups is 1. The van der Waals surface area contributed by atoms with Crippen molar-refractivity contribution in [3.8, 4) is 17.2 Å². The van der Waals surface area contributed by atoms with Crippen LogP contribution in [0.1, 0.15) is 5.56 Å². The van der Waals surface area contributed by atoms with Crippen LogP contribution in [0.25, 0.3) is 6.08 Å². The van der Waals surface area contributed by atoms with Gasteiger partial charge in [0.15, 0.2) is 5.17 Å². The highest BCUT2D eigenvalue weighted by Crippen LogP contribution is 2.28. The van der Waals surface area contributed by atoms with Crippen molar-refractivity contribution in [3.05, 3.63) is 59.0 Å². The Morgan fingerprint density at radius 3 is 2.09 bits per heavy atom. The summed E-state index contributed by atoms with van der Waals surface area (Å²) in [5, 5.41) is 0.278. The van der Waals surface area contributed by atoms with Crippen molar-refractivity contribution in [1.82, 2.24) is 0 Å². The smallest absolute Gasteiger partial charge is 0.286 e. The first-order chi connectivity index (χ1) is 11.1. The second-order valence-electron chi connectivity index (χ2n) is 4.71. The first-order valence-corrected chi connectivity index (χ1v) is 7.66. The Balaban J connectivity index is 1.69. The number of ether oxygens (including phenoxy) is 2. The lowest BCUT2D eigenvalue weighted by Gasteiger charge is -2.07. The number of nitrogens with zero attached hydrogens (tertiary/aromatic N) is 1. The van der Waals surface area contributed by atoms with Gasteiger partial charge in [-0.2, -0.15) is 4.99 Å². The summed E-state index contributed by atoms with van der Waals surface area (Å²) in [4.78, 5) is 15.7. The van der Waals surface area contributed by atoms with Crippen LogP contribution in [0.2, 0.25) is 0 Å². The number of carbonyl (C=O) groups excluding carboxylic acids is 1. The molecule has 2 aromatic rings. The molecule has 1 heterocycles. The van der Waals surface area contributed by atoms with Crippen molar-refractivity contribution in [2.45, 2.75) is 0 Å². The second-order valence-corrected chi connectivity index (χ2v) is 5.77. The van der Waals surface area contributed by atoms with E-state index in [2.05, 4.69) is 4.99 Å². The number of amidine groups is 1. The van der Waals surface area contributed by atoms with Gasteiger partial charge in [-0.15, -0.1) is 0 Å². The van der Waals surface area contributed by atoms with Crippen molar-refractivity contribution in [2.75, 3.05) is 7.11 Å². The van der Waals surface area contributed by atoms with Crippen LogP contribution >= 0.6 is 11.8 Å². The zero-order valence-electron chi connectivity index (χ0n) is 12.4. The van der Waals surface area contributed by atoms with Gasteiger partial charge >= 0.3 is 0 Å². The van der Waals surface area contributed by atoms with Gasteiger partial charge in [0.2, 0.25) is 0 Å². The summed E-state index contributed by atoms with van der Waals surface area (Å²) in [5.74, 6) is 1.91. The molecule has 0 aliphatic carbocycles. The molecule has 6 heteroatoms. The Bertz CT molecular complexity index is 780. The molecule has 5 nitrogen and oxygen atoms in total. The van der Waals surface area contributed by atoms with Gasteiger partial charge in [0.1, 0.15) is 17.2 Å². The molecule has 3 rings (SSSR count). The summed E-state index contributed by atoms with van der Waals surface area (Å²) in [6.07, 6.45) is 1.76. The van der Waals surface area contributed by atoms with Gasteiger partial charge < -0.3 is 15.2 Å². The molecule has 2 N–H and O–H groups in total. The molecule has 1 aliphatic rings. The molecular formula is C17H14N2O3S. The van der Waals surface area contributed by atoms with E-state index in [1.807, 2.05) is 48.5 Å². The van der Waals surface area contributed by atoms with Crippen LogP contribution in [0, 0.1) is 0 Å². The lowest BCUT2D eigenvalue weighted by molar-refractivity contribution is -0.113. The minimum Gasteiger partial charge on any atom is -0.497 e. The van der Waals surface area contributed by atoms with Crippen molar-refractivity contribution in [1.29, 1.82) is 0 Å². The number of thioether (sulfide) groups is 1. The quantitative estimate of drug-likeness (QED) is 0.872. The number of amides is 1. The minimum absolute atomic E-state index is 0.278. The molecule has 2 aromatic carbocycles. The lowest BCUT2D eigenvalue weighted by atomic mass is 10.2. The third kappa shape index (κ3) is 3.73. The van der Waals surface area contributed by atoms with Crippen molar-refractivity contribution < 1.29 is 14.3 Å². The number of hydrogen-bond acceptors (Lipinski definition) is 5. The van der Waals surface area contributed by atoms with Gasteiger partial charge in [-0.05, 0) is 59.8 Å². The number of nitrogens with two attached hydrogens (primary N) is 1. The summed E-state index contributed by atoms with van der Waals surface area (Å²) < 4.78 is 10.9. The fourth-order valence-electron chi connectivity index (χ4n) is 1.99. The average Bonchev–Trinajstić information content (AvgIpc) is 2.87. The van der Waals surface area contributed by atoms with Gasteiger partial charge in [0, 0.05) is 0 Å². The first-order valence-electron chi connectivity index (χ1n) is 6.84. The van der Waals surface area contributed by atoms with E-state index < -0.39 is 0 Å². The van der Waals surface area contributed by atoms with Gasteiger partial charge in [0.25, 0.3) is 5.91 Å². The summed E-state index contributed by atoms with van der Waals surface area (Å²) in [5.41, 5.74) is 6.40. The molecule has 0 atom stereocenters. The fourth-order valence-corrected chi connectivity index (χ4v) is 2.67. The third-order valence-corrected chi connectivity index (χ3v) is 3.92. The summed E-state index contributed by atoms with van der Waals surface area (Å²) in [6, 6.07) is 14.8. The maximum absolute atomic E-state index is 11.6. The van der Waals surface area contributed by atoms with E-state index in [4.69, 9.17) is 15.2 Å². The standard InChI is InChI=1S/C17H14N2O3S/c1-21-12-6-8-14(9-7-12)22-13-4-2-11(3-5-13)10-15-16(20)19-17(18)23-15/h2-10H,1H3,(H2,18,19,20)/b15-10+. The van der Waals surface area contributed by atoms with Crippen molar-refractivity contribution in [3.63, 3.8) is 0 Å². The van der Waals surface area contributed by atoms with Gasteiger partial charge in [-0.3, -0.25) is 4.79 Å². The van der Waals surface area contributed by atoms with Crippen LogP contribution in [0.5, 0.6) is 17.2 Å². The number of rotatable bonds is 4. The van der Waals surface area contributed by atoms with Gasteiger partial charge in [0.05, 0.1) is 12.0 Å². The van der Waals surface area contributed by atoms with Crippen LogP contribution in [0.4, 0.5) is 0 Å². The summed E-state index contributed by atoms with van der Waals surface area (Å²) in [6.45, 7) is 0. The predicted molar refractivity (Wildman–Crippen MR) is 91.7 cm³/mol. The third-order valence-electron chi connectivity index (χ3n) is 3.11. The molecule has 0 saturated heterocycles. The van der Waals surface area contributed by atoms with Crippen LogP contribution in [-0.2, 0) is 4.79 Å². The van der Waals surface area contributed by atoms with Crippen LogP contribution in [-0.4, -0.2) is 18.2 Å². The Morgan fingerprint density at radius 1 is 1.00 bits per heavy atom. The predicted octanol–water partition coefficient (Wildman–Crippen LogP) is 3.42. The maximum atomic E-state index is 11.6. The highest BCUT2D eigenvalue weighted by molar-refractivity contribution is 8.18. The first kappa shape index (κ1) is 15.2. The maximum Gasteiger partial charge on any atom is 0.286 e. The second kappa shape index (κ2) is 6.58. The zero-order chi connectivity index (χ0) is 16.2. The molecule has 0 unspecified atom stereocenters. The summed E-state index contributed by atoms with van der Waals surface area (Å²) >= 11 is 1.17. The number of hydrogen-bond donors (Lipinski definition) is 1. The molecule has 23 heavy (non-hydrogen) atoms.